The number of halogens is 4. The molecule has 29 heavy (non-hydrogen) atoms. The molecule has 0 aliphatic heterocycles. The SMILES string of the molecule is O=S(=O)(NCCCCCNS(=O)(=O)c1cnc(Cl)c(Br)c1)c1cnc(Cl)c(Br)c1. The van der Waals surface area contributed by atoms with Crippen LogP contribution in [0.4, 0.5) is 0 Å². The van der Waals surface area contributed by atoms with E-state index in [2.05, 4.69) is 51.3 Å². The Bertz CT molecular complexity index is 1000. The molecule has 0 saturated carbocycles. The van der Waals surface area contributed by atoms with E-state index in [4.69, 9.17) is 23.2 Å². The van der Waals surface area contributed by atoms with Crippen molar-refractivity contribution in [3.05, 3.63) is 43.8 Å². The van der Waals surface area contributed by atoms with Gasteiger partial charge in [0, 0.05) is 25.5 Å². The summed E-state index contributed by atoms with van der Waals surface area (Å²) in [5, 5.41) is 0.348. The standard InChI is InChI=1S/C15H16Br2Cl2N4O4S2/c16-12-6-10(8-20-14(12)18)28(24,25)22-4-2-1-3-5-23-29(26,27)11-7-13(17)15(19)21-9-11/h6-9,22-23H,1-5H2. The maximum atomic E-state index is 12.2. The summed E-state index contributed by atoms with van der Waals surface area (Å²) < 4.78 is 54.5. The van der Waals surface area contributed by atoms with Gasteiger partial charge in [-0.2, -0.15) is 0 Å². The predicted molar refractivity (Wildman–Crippen MR) is 118 cm³/mol. The number of aromatic nitrogens is 2. The van der Waals surface area contributed by atoms with Crippen LogP contribution in [0.1, 0.15) is 19.3 Å². The van der Waals surface area contributed by atoms with E-state index in [9.17, 15) is 16.8 Å². The fourth-order valence-electron chi connectivity index (χ4n) is 2.11. The molecule has 8 nitrogen and oxygen atoms in total. The molecular formula is C15H16Br2Cl2N4O4S2. The van der Waals surface area contributed by atoms with E-state index in [0.29, 0.717) is 28.2 Å². The summed E-state index contributed by atoms with van der Waals surface area (Å²) in [6, 6.07) is 2.74. The molecule has 0 atom stereocenters. The van der Waals surface area contributed by atoms with Crippen molar-refractivity contribution >= 4 is 75.1 Å². The molecule has 0 amide bonds. The molecule has 0 saturated heterocycles. The van der Waals surface area contributed by atoms with Crippen molar-refractivity contribution in [2.24, 2.45) is 0 Å². The first-order valence-corrected chi connectivity index (χ1v) is 13.5. The first kappa shape index (κ1) is 24.9. The second-order valence-corrected chi connectivity index (χ2v) is 11.7. The number of hydrogen-bond donors (Lipinski definition) is 2. The number of sulfonamides is 2. The van der Waals surface area contributed by atoms with Crippen LogP contribution < -0.4 is 9.44 Å². The highest BCUT2D eigenvalue weighted by atomic mass is 79.9. The van der Waals surface area contributed by atoms with Crippen molar-refractivity contribution in [2.45, 2.75) is 29.1 Å². The monoisotopic (exact) mass is 608 g/mol. The number of hydrogen-bond acceptors (Lipinski definition) is 6. The second kappa shape index (κ2) is 10.8. The molecule has 2 heterocycles. The van der Waals surface area contributed by atoms with E-state index >= 15 is 0 Å². The van der Waals surface area contributed by atoms with E-state index in [1.807, 2.05) is 0 Å². The van der Waals surface area contributed by atoms with Crippen molar-refractivity contribution in [2.75, 3.05) is 13.1 Å². The zero-order valence-corrected chi connectivity index (χ0v) is 21.0. The fraction of sp³-hybridized carbons (Fsp3) is 0.333. The highest BCUT2D eigenvalue weighted by molar-refractivity contribution is 9.10. The van der Waals surface area contributed by atoms with Crippen LogP contribution in [-0.4, -0.2) is 39.9 Å². The molecule has 14 heteroatoms. The zero-order valence-electron chi connectivity index (χ0n) is 14.7. The molecule has 2 N–H and O–H groups in total. The highest BCUT2D eigenvalue weighted by Gasteiger charge is 2.17. The number of rotatable bonds is 10. The Morgan fingerprint density at radius 3 is 1.48 bits per heavy atom. The van der Waals surface area contributed by atoms with Crippen LogP contribution >= 0.6 is 55.1 Å². The molecular weight excluding hydrogens is 595 g/mol. The molecule has 0 radical (unpaired) electrons. The Balaban J connectivity index is 1.74. The summed E-state index contributed by atoms with van der Waals surface area (Å²) >= 11 is 17.8. The maximum absolute atomic E-state index is 12.2. The second-order valence-electron chi connectivity index (χ2n) is 5.74. The molecule has 0 spiro atoms. The average Bonchev–Trinajstić information content (AvgIpc) is 2.65. The van der Waals surface area contributed by atoms with Gasteiger partial charge in [0.25, 0.3) is 0 Å². The largest absolute Gasteiger partial charge is 0.242 e. The summed E-state index contributed by atoms with van der Waals surface area (Å²) in [7, 11) is -7.39. The van der Waals surface area contributed by atoms with Crippen molar-refractivity contribution in [3.63, 3.8) is 0 Å². The van der Waals surface area contributed by atoms with Gasteiger partial charge in [-0.3, -0.25) is 0 Å². The topological polar surface area (TPSA) is 118 Å². The van der Waals surface area contributed by atoms with Gasteiger partial charge in [0.1, 0.15) is 20.1 Å². The summed E-state index contributed by atoms with van der Waals surface area (Å²) in [6.45, 7) is 0.423. The number of pyridine rings is 2. The van der Waals surface area contributed by atoms with E-state index in [0.717, 1.165) is 0 Å². The Morgan fingerprint density at radius 1 is 0.759 bits per heavy atom. The van der Waals surface area contributed by atoms with Crippen molar-refractivity contribution < 1.29 is 16.8 Å². The summed E-state index contributed by atoms with van der Waals surface area (Å²) in [5.41, 5.74) is 0. The van der Waals surface area contributed by atoms with Crippen molar-refractivity contribution in [1.82, 2.24) is 19.4 Å². The smallest absolute Gasteiger partial charge is 0.242 e. The first-order valence-electron chi connectivity index (χ1n) is 8.14. The van der Waals surface area contributed by atoms with E-state index in [-0.39, 0.29) is 33.2 Å². The summed E-state index contributed by atoms with van der Waals surface area (Å²) in [4.78, 5) is 7.59. The van der Waals surface area contributed by atoms with Gasteiger partial charge in [0.15, 0.2) is 0 Å². The molecule has 0 aliphatic rings. The molecule has 0 bridgehead atoms. The van der Waals surface area contributed by atoms with Gasteiger partial charge < -0.3 is 0 Å². The fourth-order valence-corrected chi connectivity index (χ4v) is 5.40. The van der Waals surface area contributed by atoms with Gasteiger partial charge >= 0.3 is 0 Å². The van der Waals surface area contributed by atoms with Crippen LogP contribution in [0.2, 0.25) is 10.3 Å². The molecule has 2 rings (SSSR count). The quantitative estimate of drug-likeness (QED) is 0.313. The van der Waals surface area contributed by atoms with Gasteiger partial charge in [-0.15, -0.1) is 0 Å². The van der Waals surface area contributed by atoms with Crippen LogP contribution in [0.5, 0.6) is 0 Å². The molecule has 2 aromatic rings. The maximum Gasteiger partial charge on any atom is 0.242 e. The number of nitrogens with one attached hydrogen (secondary N) is 2. The lowest BCUT2D eigenvalue weighted by Gasteiger charge is -2.08. The Hall–Kier alpha value is -0.340. The lowest BCUT2D eigenvalue weighted by Crippen LogP contribution is -2.26. The van der Waals surface area contributed by atoms with Gasteiger partial charge in [0.2, 0.25) is 20.0 Å². The minimum atomic E-state index is -3.69. The van der Waals surface area contributed by atoms with E-state index in [1.54, 1.807) is 0 Å². The van der Waals surface area contributed by atoms with E-state index < -0.39 is 20.0 Å². The molecule has 0 aliphatic carbocycles. The Labute approximate surface area is 196 Å². The predicted octanol–water partition coefficient (Wildman–Crippen LogP) is 3.74. The average molecular weight is 611 g/mol. The number of nitrogens with zero attached hydrogens (tertiary/aromatic N) is 2. The third-order valence-electron chi connectivity index (χ3n) is 3.60. The van der Waals surface area contributed by atoms with Gasteiger partial charge in [-0.25, -0.2) is 36.2 Å². The molecule has 0 fully saturated rings. The zero-order chi connectivity index (χ0) is 21.7. The summed E-state index contributed by atoms with van der Waals surface area (Å²) in [5.74, 6) is 0. The Morgan fingerprint density at radius 2 is 1.14 bits per heavy atom. The van der Waals surface area contributed by atoms with Crippen LogP contribution in [-0.2, 0) is 20.0 Å². The van der Waals surface area contributed by atoms with Crippen molar-refractivity contribution in [1.29, 1.82) is 0 Å². The van der Waals surface area contributed by atoms with E-state index in [1.165, 1.54) is 24.5 Å². The van der Waals surface area contributed by atoms with Crippen LogP contribution in [0.15, 0.2) is 43.3 Å². The van der Waals surface area contributed by atoms with Gasteiger partial charge in [-0.05, 0) is 56.8 Å². The first-order chi connectivity index (χ1) is 13.5. The third-order valence-corrected chi connectivity index (χ3v) is 8.72. The minimum Gasteiger partial charge on any atom is -0.242 e. The number of unbranched alkanes of at least 4 members (excludes halogenated alkanes) is 2. The highest BCUT2D eigenvalue weighted by Crippen LogP contribution is 2.23. The molecule has 0 unspecified atom stereocenters. The lowest BCUT2D eigenvalue weighted by atomic mass is 10.2. The summed E-state index contributed by atoms with van der Waals surface area (Å²) in [6.07, 6.45) is 4.05. The molecule has 2 aromatic heterocycles. The molecule has 160 valence electrons. The van der Waals surface area contributed by atoms with Gasteiger partial charge in [-0.1, -0.05) is 29.6 Å². The van der Waals surface area contributed by atoms with Crippen LogP contribution in [0.3, 0.4) is 0 Å². The van der Waals surface area contributed by atoms with Crippen molar-refractivity contribution in [3.8, 4) is 0 Å². The lowest BCUT2D eigenvalue weighted by molar-refractivity contribution is 0.567. The van der Waals surface area contributed by atoms with Crippen LogP contribution in [0, 0.1) is 0 Å². The molecule has 0 aromatic carbocycles. The normalized spacial score (nSPS) is 12.3. The minimum absolute atomic E-state index is 0.00395. The van der Waals surface area contributed by atoms with Crippen LogP contribution in [0.25, 0.3) is 0 Å². The van der Waals surface area contributed by atoms with Gasteiger partial charge in [0.05, 0.1) is 8.95 Å². The Kier molecular flexibility index (Phi) is 9.28. The third kappa shape index (κ3) is 7.39.